The van der Waals surface area contributed by atoms with Crippen molar-refractivity contribution >= 4 is 6.08 Å². The van der Waals surface area contributed by atoms with E-state index in [1.165, 1.54) is 0 Å². The molecular weight excluding hydrogens is 348 g/mol. The summed E-state index contributed by atoms with van der Waals surface area (Å²) in [6, 6.07) is 3.74. The first-order valence-corrected chi connectivity index (χ1v) is 8.92. The van der Waals surface area contributed by atoms with Crippen LogP contribution in [0, 0.1) is 0 Å². The van der Waals surface area contributed by atoms with Crippen molar-refractivity contribution in [2.24, 2.45) is 0 Å². The van der Waals surface area contributed by atoms with Gasteiger partial charge in [0.05, 0.1) is 0 Å². The largest absolute Gasteiger partial charge is 0.459 e. The molecule has 0 N–H and O–H groups in total. The molecule has 0 aromatic heterocycles. The summed E-state index contributed by atoms with van der Waals surface area (Å²) in [7, 11) is 4.75. The Labute approximate surface area is 163 Å². The molecule has 0 atom stereocenters. The summed E-state index contributed by atoms with van der Waals surface area (Å²) in [4.78, 5) is 0. The molecule has 1 aromatic rings. The van der Waals surface area contributed by atoms with Crippen LogP contribution >= 0.6 is 0 Å². The van der Waals surface area contributed by atoms with Crippen LogP contribution < -0.4 is 14.2 Å². The van der Waals surface area contributed by atoms with Crippen LogP contribution in [0.2, 0.25) is 0 Å². The first kappa shape index (κ1) is 23.3. The van der Waals surface area contributed by atoms with E-state index in [4.69, 9.17) is 28.4 Å². The molecule has 0 aliphatic heterocycles. The molecule has 0 saturated heterocycles. The fraction of sp³-hybridized carbons (Fsp3) is 0.619. The lowest BCUT2D eigenvalue weighted by Crippen LogP contribution is -2.34. The zero-order valence-corrected chi connectivity index (χ0v) is 18.3. The van der Waals surface area contributed by atoms with Crippen molar-refractivity contribution in [3.63, 3.8) is 0 Å². The Balaban J connectivity index is 3.61. The number of hydrogen-bond acceptors (Lipinski definition) is 6. The van der Waals surface area contributed by atoms with Gasteiger partial charge in [-0.3, -0.25) is 0 Å². The Bertz CT molecular complexity index is 607. The maximum absolute atomic E-state index is 6.12. The van der Waals surface area contributed by atoms with Crippen LogP contribution in [0.5, 0.6) is 17.2 Å². The van der Waals surface area contributed by atoms with Crippen LogP contribution in [-0.4, -0.2) is 38.7 Å². The highest BCUT2D eigenvalue weighted by Crippen LogP contribution is 2.44. The summed E-state index contributed by atoms with van der Waals surface area (Å²) in [5, 5.41) is 0. The highest BCUT2D eigenvalue weighted by atomic mass is 16.7. The molecule has 6 heteroatoms. The topological polar surface area (TPSA) is 55.4 Å². The van der Waals surface area contributed by atoms with Gasteiger partial charge in [-0.05, 0) is 24.6 Å². The van der Waals surface area contributed by atoms with E-state index in [2.05, 4.69) is 0 Å². The molecule has 0 unspecified atom stereocenters. The summed E-state index contributed by atoms with van der Waals surface area (Å²) in [5.74, 6) is -1.26. The molecular formula is C21H34O6. The molecule has 0 amide bonds. The number of rotatable bonds is 10. The fourth-order valence-electron chi connectivity index (χ4n) is 2.04. The summed E-state index contributed by atoms with van der Waals surface area (Å²) in [5.41, 5.74) is 0.892. The molecule has 0 heterocycles. The quantitative estimate of drug-likeness (QED) is 0.531. The van der Waals surface area contributed by atoms with Gasteiger partial charge in [0.2, 0.25) is 23.1 Å². The molecule has 0 radical (unpaired) electrons. The zero-order chi connectivity index (χ0) is 20.9. The molecule has 154 valence electrons. The van der Waals surface area contributed by atoms with Gasteiger partial charge in [-0.1, -0.05) is 12.2 Å². The van der Waals surface area contributed by atoms with Gasteiger partial charge in [-0.25, -0.2) is 0 Å². The van der Waals surface area contributed by atoms with Gasteiger partial charge in [0.25, 0.3) is 0 Å². The predicted octanol–water partition coefficient (Wildman–Crippen LogP) is 5.00. The molecule has 0 bridgehead atoms. The van der Waals surface area contributed by atoms with Crippen molar-refractivity contribution in [2.75, 3.05) is 21.3 Å². The van der Waals surface area contributed by atoms with E-state index in [1.807, 2.05) is 72.8 Å². The third-order valence-electron chi connectivity index (χ3n) is 3.94. The van der Waals surface area contributed by atoms with Crippen molar-refractivity contribution in [3.05, 3.63) is 23.8 Å². The highest BCUT2D eigenvalue weighted by molar-refractivity contribution is 5.62. The summed E-state index contributed by atoms with van der Waals surface area (Å²) in [6.45, 7) is 12.8. The van der Waals surface area contributed by atoms with Crippen LogP contribution in [0.3, 0.4) is 0 Å². The lowest BCUT2D eigenvalue weighted by molar-refractivity contribution is -0.157. The number of ether oxygens (including phenoxy) is 6. The summed E-state index contributed by atoms with van der Waals surface area (Å²) < 4.78 is 34.6. The minimum absolute atomic E-state index is 0.408. The van der Waals surface area contributed by atoms with Crippen LogP contribution in [-0.2, 0) is 14.2 Å². The van der Waals surface area contributed by atoms with Crippen LogP contribution in [0.4, 0.5) is 0 Å². The van der Waals surface area contributed by atoms with E-state index in [-0.39, 0.29) is 0 Å². The van der Waals surface area contributed by atoms with Gasteiger partial charge < -0.3 is 28.4 Å². The van der Waals surface area contributed by atoms with Gasteiger partial charge in [0.1, 0.15) is 0 Å². The van der Waals surface area contributed by atoms with Crippen molar-refractivity contribution in [2.45, 2.75) is 65.8 Å². The van der Waals surface area contributed by atoms with Crippen LogP contribution in [0.1, 0.15) is 54.0 Å². The zero-order valence-electron chi connectivity index (χ0n) is 18.3. The van der Waals surface area contributed by atoms with Crippen molar-refractivity contribution in [1.29, 1.82) is 0 Å². The Morgan fingerprint density at radius 2 is 1.04 bits per heavy atom. The lowest BCUT2D eigenvalue weighted by Gasteiger charge is -2.32. The maximum Gasteiger partial charge on any atom is 0.207 e. The monoisotopic (exact) mass is 382 g/mol. The van der Waals surface area contributed by atoms with E-state index in [1.54, 1.807) is 21.3 Å². The smallest absolute Gasteiger partial charge is 0.207 e. The lowest BCUT2D eigenvalue weighted by atomic mass is 10.1. The Kier molecular flexibility index (Phi) is 7.72. The number of benzene rings is 1. The molecule has 0 spiro atoms. The molecule has 0 aliphatic carbocycles. The van der Waals surface area contributed by atoms with Crippen LogP contribution in [0.15, 0.2) is 18.2 Å². The normalized spacial score (nSPS) is 13.1. The van der Waals surface area contributed by atoms with Crippen molar-refractivity contribution < 1.29 is 28.4 Å². The minimum Gasteiger partial charge on any atom is -0.459 e. The van der Waals surface area contributed by atoms with E-state index in [9.17, 15) is 0 Å². The molecule has 6 nitrogen and oxygen atoms in total. The SMILES string of the molecule is C/C=C/c1cc(OC(C)(C)OC)c(OC(C)(C)OC)c(OC(C)(C)OC)c1. The molecule has 1 aromatic carbocycles. The van der Waals surface area contributed by atoms with Gasteiger partial charge >= 0.3 is 0 Å². The third kappa shape index (κ3) is 7.05. The minimum atomic E-state index is -0.896. The molecule has 0 saturated carbocycles. The Morgan fingerprint density at radius 3 is 1.37 bits per heavy atom. The second-order valence-electron chi connectivity index (χ2n) is 7.46. The average molecular weight is 382 g/mol. The maximum atomic E-state index is 6.12. The van der Waals surface area contributed by atoms with Gasteiger partial charge in [-0.15, -0.1) is 0 Å². The van der Waals surface area contributed by atoms with Gasteiger partial charge in [-0.2, -0.15) is 0 Å². The standard InChI is InChI=1S/C21H34O6/c1-11-12-15-13-16(25-19(2,3)22-8)18(27-21(6,7)24-10)17(14-15)26-20(4,5)23-9/h11-14H,1-10H3/b12-11+. The Morgan fingerprint density at radius 1 is 0.667 bits per heavy atom. The fourth-order valence-corrected chi connectivity index (χ4v) is 2.04. The Hall–Kier alpha value is -1.76. The second kappa shape index (κ2) is 8.95. The molecule has 27 heavy (non-hydrogen) atoms. The highest BCUT2D eigenvalue weighted by Gasteiger charge is 2.30. The first-order chi connectivity index (χ1) is 12.4. The average Bonchev–Trinajstić information content (AvgIpc) is 2.57. The van der Waals surface area contributed by atoms with Gasteiger partial charge in [0, 0.05) is 62.9 Å². The predicted molar refractivity (Wildman–Crippen MR) is 106 cm³/mol. The van der Waals surface area contributed by atoms with E-state index in [0.717, 1.165) is 5.56 Å². The van der Waals surface area contributed by atoms with E-state index >= 15 is 0 Å². The number of allylic oxidation sites excluding steroid dienone is 1. The number of methoxy groups -OCH3 is 3. The van der Waals surface area contributed by atoms with Crippen LogP contribution in [0.25, 0.3) is 6.08 Å². The molecule has 0 aliphatic rings. The molecule has 0 fully saturated rings. The first-order valence-electron chi connectivity index (χ1n) is 8.92. The number of hydrogen-bond donors (Lipinski definition) is 0. The third-order valence-corrected chi connectivity index (χ3v) is 3.94. The summed E-state index contributed by atoms with van der Waals surface area (Å²) in [6.07, 6.45) is 3.88. The van der Waals surface area contributed by atoms with Crippen molar-refractivity contribution in [1.82, 2.24) is 0 Å². The van der Waals surface area contributed by atoms with E-state index in [0.29, 0.717) is 17.2 Å². The van der Waals surface area contributed by atoms with Gasteiger partial charge in [0.15, 0.2) is 11.5 Å². The van der Waals surface area contributed by atoms with Crippen molar-refractivity contribution in [3.8, 4) is 17.2 Å². The van der Waals surface area contributed by atoms with E-state index < -0.39 is 17.4 Å². The molecule has 1 rings (SSSR count). The summed E-state index contributed by atoms with van der Waals surface area (Å²) >= 11 is 0. The second-order valence-corrected chi connectivity index (χ2v) is 7.46.